The van der Waals surface area contributed by atoms with Gasteiger partial charge in [0.15, 0.2) is 5.78 Å². The summed E-state index contributed by atoms with van der Waals surface area (Å²) in [4.78, 5) is 11.1. The second-order valence-corrected chi connectivity index (χ2v) is 3.51. The minimum atomic E-state index is -0.216. The lowest BCUT2D eigenvalue weighted by Crippen LogP contribution is -2.51. The van der Waals surface area contributed by atoms with E-state index in [9.17, 15) is 4.79 Å². The molecule has 1 aliphatic carbocycles. The lowest BCUT2D eigenvalue weighted by molar-refractivity contribution is -0.152. The first kappa shape index (κ1) is 7.80. The van der Waals surface area contributed by atoms with Gasteiger partial charge in [0.1, 0.15) is 5.60 Å². The lowest BCUT2D eigenvalue weighted by Gasteiger charge is -2.46. The molecule has 0 atom stereocenters. The molecule has 1 heterocycles. The maximum atomic E-state index is 11.1. The van der Waals surface area contributed by atoms with Crippen LogP contribution in [0.25, 0.3) is 0 Å². The van der Waals surface area contributed by atoms with E-state index in [1.54, 1.807) is 7.11 Å². The van der Waals surface area contributed by atoms with Crippen molar-refractivity contribution in [2.24, 2.45) is 0 Å². The number of hydrogen-bond acceptors (Lipinski definition) is 3. The summed E-state index contributed by atoms with van der Waals surface area (Å²) in [5.74, 6) is 0.163. The monoisotopic (exact) mass is 168 g/mol. The third-order valence-electron chi connectivity index (χ3n) is 2.60. The van der Waals surface area contributed by atoms with E-state index in [0.29, 0.717) is 6.42 Å². The van der Waals surface area contributed by atoms with Crippen LogP contribution in [0.5, 0.6) is 0 Å². The van der Waals surface area contributed by atoms with Crippen molar-refractivity contribution in [3.05, 3.63) is 12.3 Å². The van der Waals surface area contributed by atoms with Crippen LogP contribution in [0.2, 0.25) is 0 Å². The Kier molecular flexibility index (Phi) is 1.68. The molecule has 0 aromatic heterocycles. The van der Waals surface area contributed by atoms with Gasteiger partial charge < -0.3 is 9.47 Å². The highest BCUT2D eigenvalue weighted by Crippen LogP contribution is 2.42. The van der Waals surface area contributed by atoms with E-state index < -0.39 is 0 Å². The van der Waals surface area contributed by atoms with E-state index in [-0.39, 0.29) is 17.5 Å². The first-order chi connectivity index (χ1) is 5.74. The van der Waals surface area contributed by atoms with Crippen molar-refractivity contribution >= 4 is 5.78 Å². The zero-order chi connectivity index (χ0) is 8.60. The maximum absolute atomic E-state index is 11.1. The number of rotatable bonds is 1. The molecule has 1 saturated carbocycles. The van der Waals surface area contributed by atoms with Crippen LogP contribution in [0.15, 0.2) is 12.3 Å². The smallest absolute Gasteiger partial charge is 0.162 e. The standard InChI is InChI=1S/C9H12O3/c1-11-8-5-9(6-8)4-7(10)2-3-12-9/h2-3,8H,4-6H2,1H3. The van der Waals surface area contributed by atoms with E-state index in [1.165, 1.54) is 12.3 Å². The fourth-order valence-corrected chi connectivity index (χ4v) is 1.85. The zero-order valence-corrected chi connectivity index (χ0v) is 7.08. The summed E-state index contributed by atoms with van der Waals surface area (Å²) in [5.41, 5.74) is -0.216. The fraction of sp³-hybridized carbons (Fsp3) is 0.667. The predicted octanol–water partition coefficient (Wildman–Crippen LogP) is 1.04. The quantitative estimate of drug-likeness (QED) is 0.586. The second-order valence-electron chi connectivity index (χ2n) is 3.51. The van der Waals surface area contributed by atoms with Crippen molar-refractivity contribution in [1.29, 1.82) is 0 Å². The van der Waals surface area contributed by atoms with E-state index in [2.05, 4.69) is 0 Å². The van der Waals surface area contributed by atoms with E-state index >= 15 is 0 Å². The Labute approximate surface area is 71.3 Å². The van der Waals surface area contributed by atoms with Crippen molar-refractivity contribution in [2.75, 3.05) is 7.11 Å². The number of ether oxygens (including phenoxy) is 2. The largest absolute Gasteiger partial charge is 0.494 e. The number of allylic oxidation sites excluding steroid dienone is 1. The molecule has 3 heteroatoms. The third-order valence-corrected chi connectivity index (χ3v) is 2.60. The van der Waals surface area contributed by atoms with E-state index in [0.717, 1.165) is 12.8 Å². The van der Waals surface area contributed by atoms with Gasteiger partial charge >= 0.3 is 0 Å². The molecule has 0 bridgehead atoms. The van der Waals surface area contributed by atoms with Crippen LogP contribution in [-0.2, 0) is 14.3 Å². The van der Waals surface area contributed by atoms with Crippen LogP contribution in [-0.4, -0.2) is 24.6 Å². The molecule has 12 heavy (non-hydrogen) atoms. The topological polar surface area (TPSA) is 35.5 Å². The van der Waals surface area contributed by atoms with Crippen LogP contribution in [0, 0.1) is 0 Å². The molecule has 2 rings (SSSR count). The summed E-state index contributed by atoms with van der Waals surface area (Å²) < 4.78 is 10.6. The van der Waals surface area contributed by atoms with Crippen molar-refractivity contribution < 1.29 is 14.3 Å². The normalized spacial score (nSPS) is 39.4. The second kappa shape index (κ2) is 2.59. The minimum Gasteiger partial charge on any atom is -0.494 e. The Morgan fingerprint density at radius 2 is 2.42 bits per heavy atom. The van der Waals surface area contributed by atoms with Gasteiger partial charge in [0.05, 0.1) is 18.8 Å². The number of carbonyl (C=O) groups excluding carboxylic acids is 1. The minimum absolute atomic E-state index is 0.163. The van der Waals surface area contributed by atoms with Gasteiger partial charge in [-0.2, -0.15) is 0 Å². The maximum Gasteiger partial charge on any atom is 0.162 e. The van der Waals surface area contributed by atoms with Crippen LogP contribution in [0.4, 0.5) is 0 Å². The molecule has 1 aliphatic heterocycles. The summed E-state index contributed by atoms with van der Waals surface area (Å²) >= 11 is 0. The molecule has 0 aromatic carbocycles. The van der Waals surface area contributed by atoms with Crippen molar-refractivity contribution in [3.8, 4) is 0 Å². The molecule has 1 fully saturated rings. The van der Waals surface area contributed by atoms with Crippen LogP contribution < -0.4 is 0 Å². The molecule has 0 aromatic rings. The molecule has 66 valence electrons. The molecule has 0 saturated heterocycles. The van der Waals surface area contributed by atoms with Gasteiger partial charge in [0.25, 0.3) is 0 Å². The SMILES string of the molecule is COC1CC2(CC(=O)C=CO2)C1. The van der Waals surface area contributed by atoms with Gasteiger partial charge in [-0.1, -0.05) is 0 Å². The molecule has 0 N–H and O–H groups in total. The Morgan fingerprint density at radius 3 is 3.00 bits per heavy atom. The van der Waals surface area contributed by atoms with Crippen LogP contribution in [0.3, 0.4) is 0 Å². The zero-order valence-electron chi connectivity index (χ0n) is 7.08. The van der Waals surface area contributed by atoms with Crippen LogP contribution >= 0.6 is 0 Å². The number of carbonyl (C=O) groups is 1. The van der Waals surface area contributed by atoms with Crippen molar-refractivity contribution in [2.45, 2.75) is 31.0 Å². The lowest BCUT2D eigenvalue weighted by atomic mass is 9.73. The van der Waals surface area contributed by atoms with Gasteiger partial charge in [0, 0.05) is 26.0 Å². The Bertz CT molecular complexity index is 226. The summed E-state index contributed by atoms with van der Waals surface area (Å²) in [6.07, 6.45) is 5.50. The Balaban J connectivity index is 1.98. The highest BCUT2D eigenvalue weighted by atomic mass is 16.5. The summed E-state index contributed by atoms with van der Waals surface area (Å²) in [6, 6.07) is 0. The van der Waals surface area contributed by atoms with Crippen LogP contribution in [0.1, 0.15) is 19.3 Å². The van der Waals surface area contributed by atoms with Gasteiger partial charge in [-0.3, -0.25) is 4.79 Å². The van der Waals surface area contributed by atoms with E-state index in [4.69, 9.17) is 9.47 Å². The average Bonchev–Trinajstić information content (AvgIpc) is 1.99. The van der Waals surface area contributed by atoms with Crippen molar-refractivity contribution in [3.63, 3.8) is 0 Å². The fourth-order valence-electron chi connectivity index (χ4n) is 1.85. The van der Waals surface area contributed by atoms with Gasteiger partial charge in [-0.25, -0.2) is 0 Å². The van der Waals surface area contributed by atoms with Crippen molar-refractivity contribution in [1.82, 2.24) is 0 Å². The Hall–Kier alpha value is -0.830. The first-order valence-corrected chi connectivity index (χ1v) is 4.14. The van der Waals surface area contributed by atoms with E-state index in [1.807, 2.05) is 0 Å². The Morgan fingerprint density at radius 1 is 1.67 bits per heavy atom. The molecular formula is C9H12O3. The number of hydrogen-bond donors (Lipinski definition) is 0. The molecule has 2 aliphatic rings. The summed E-state index contributed by atoms with van der Waals surface area (Å²) in [6.45, 7) is 0. The molecular weight excluding hydrogens is 156 g/mol. The molecule has 0 radical (unpaired) electrons. The number of methoxy groups -OCH3 is 1. The highest BCUT2D eigenvalue weighted by Gasteiger charge is 2.48. The molecule has 3 nitrogen and oxygen atoms in total. The highest BCUT2D eigenvalue weighted by molar-refractivity contribution is 5.91. The molecule has 0 unspecified atom stereocenters. The number of ketones is 1. The summed E-state index contributed by atoms with van der Waals surface area (Å²) in [7, 11) is 1.69. The third kappa shape index (κ3) is 1.14. The van der Waals surface area contributed by atoms with Gasteiger partial charge in [0.2, 0.25) is 0 Å². The molecule has 1 spiro atoms. The van der Waals surface area contributed by atoms with Gasteiger partial charge in [-0.15, -0.1) is 0 Å². The average molecular weight is 168 g/mol. The predicted molar refractivity (Wildman–Crippen MR) is 42.6 cm³/mol. The first-order valence-electron chi connectivity index (χ1n) is 4.14. The summed E-state index contributed by atoms with van der Waals surface area (Å²) in [5, 5.41) is 0. The van der Waals surface area contributed by atoms with Gasteiger partial charge in [-0.05, 0) is 0 Å². The molecule has 0 amide bonds.